The number of aromatic nitrogens is 2. The Hall–Kier alpha value is -3.36. The van der Waals surface area contributed by atoms with Crippen molar-refractivity contribution in [2.45, 2.75) is 12.7 Å². The predicted molar refractivity (Wildman–Crippen MR) is 87.5 cm³/mol. The molecule has 3 rings (SSSR count). The van der Waals surface area contributed by atoms with E-state index in [1.807, 2.05) is 0 Å². The third-order valence-electron chi connectivity index (χ3n) is 3.37. The van der Waals surface area contributed by atoms with Crippen LogP contribution in [0.1, 0.15) is 21.8 Å². The standard InChI is InChI=1S/C17H13F3N4O2/c18-17(19,20)11-3-1-4-12(9-11)22-16(25)14-6-7-15(24-23-14)21-10-13-5-2-8-26-13/h1-9H,10H2,(H,21,24)(H,22,25). The van der Waals surface area contributed by atoms with Gasteiger partial charge in [0.05, 0.1) is 18.4 Å². The summed E-state index contributed by atoms with van der Waals surface area (Å²) < 4.78 is 43.3. The van der Waals surface area contributed by atoms with Crippen LogP contribution >= 0.6 is 0 Å². The van der Waals surface area contributed by atoms with Crippen LogP contribution in [-0.4, -0.2) is 16.1 Å². The number of rotatable bonds is 5. The minimum atomic E-state index is -4.48. The molecule has 26 heavy (non-hydrogen) atoms. The summed E-state index contributed by atoms with van der Waals surface area (Å²) in [5.41, 5.74) is -0.850. The van der Waals surface area contributed by atoms with E-state index in [1.54, 1.807) is 18.4 Å². The maximum absolute atomic E-state index is 12.7. The van der Waals surface area contributed by atoms with Crippen LogP contribution in [-0.2, 0) is 12.7 Å². The summed E-state index contributed by atoms with van der Waals surface area (Å²) in [5, 5.41) is 13.0. The van der Waals surface area contributed by atoms with E-state index in [-0.39, 0.29) is 11.4 Å². The highest BCUT2D eigenvalue weighted by atomic mass is 19.4. The van der Waals surface area contributed by atoms with Gasteiger partial charge in [0.25, 0.3) is 5.91 Å². The molecular weight excluding hydrogens is 349 g/mol. The molecular formula is C17H13F3N4O2. The molecule has 3 aromatic rings. The number of hydrogen-bond donors (Lipinski definition) is 2. The van der Waals surface area contributed by atoms with Crippen molar-refractivity contribution in [2.24, 2.45) is 0 Å². The third-order valence-corrected chi connectivity index (χ3v) is 3.37. The largest absolute Gasteiger partial charge is 0.467 e. The van der Waals surface area contributed by atoms with Gasteiger partial charge in [0, 0.05) is 5.69 Å². The highest BCUT2D eigenvalue weighted by Gasteiger charge is 2.30. The first-order valence-corrected chi connectivity index (χ1v) is 7.50. The molecule has 2 N–H and O–H groups in total. The summed E-state index contributed by atoms with van der Waals surface area (Å²) in [6, 6.07) is 10.9. The lowest BCUT2D eigenvalue weighted by Gasteiger charge is -2.09. The number of nitrogens with one attached hydrogen (secondary N) is 2. The van der Waals surface area contributed by atoms with Gasteiger partial charge in [-0.25, -0.2) is 0 Å². The highest BCUT2D eigenvalue weighted by molar-refractivity contribution is 6.02. The molecule has 0 aliphatic carbocycles. The second-order valence-corrected chi connectivity index (χ2v) is 5.27. The van der Waals surface area contributed by atoms with E-state index in [9.17, 15) is 18.0 Å². The van der Waals surface area contributed by atoms with Crippen molar-refractivity contribution in [1.29, 1.82) is 0 Å². The van der Waals surface area contributed by atoms with Crippen LogP contribution < -0.4 is 10.6 Å². The topological polar surface area (TPSA) is 80.0 Å². The normalized spacial score (nSPS) is 11.2. The quantitative estimate of drug-likeness (QED) is 0.718. The molecule has 0 aliphatic rings. The zero-order valence-corrected chi connectivity index (χ0v) is 13.2. The van der Waals surface area contributed by atoms with Crippen molar-refractivity contribution in [2.75, 3.05) is 10.6 Å². The van der Waals surface area contributed by atoms with E-state index in [0.717, 1.165) is 12.1 Å². The van der Waals surface area contributed by atoms with Crippen molar-refractivity contribution in [3.8, 4) is 0 Å². The van der Waals surface area contributed by atoms with Crippen molar-refractivity contribution < 1.29 is 22.4 Å². The molecule has 0 atom stereocenters. The number of alkyl halides is 3. The van der Waals surface area contributed by atoms with Crippen LogP contribution in [0.25, 0.3) is 0 Å². The van der Waals surface area contributed by atoms with Crippen LogP contribution in [0.15, 0.2) is 59.2 Å². The minimum absolute atomic E-state index is 0.0200. The molecule has 0 radical (unpaired) electrons. The van der Waals surface area contributed by atoms with Crippen LogP contribution in [0.5, 0.6) is 0 Å². The summed E-state index contributed by atoms with van der Waals surface area (Å²) in [5.74, 6) is 0.476. The summed E-state index contributed by atoms with van der Waals surface area (Å²) in [4.78, 5) is 12.1. The first kappa shape index (κ1) is 17.5. The number of halogens is 3. The molecule has 0 unspecified atom stereocenters. The molecule has 0 bridgehead atoms. The van der Waals surface area contributed by atoms with Gasteiger partial charge in [-0.1, -0.05) is 6.07 Å². The van der Waals surface area contributed by atoms with E-state index in [2.05, 4.69) is 20.8 Å². The van der Waals surface area contributed by atoms with Crippen LogP contribution in [0, 0.1) is 0 Å². The third kappa shape index (κ3) is 4.38. The Labute approximate surface area is 146 Å². The lowest BCUT2D eigenvalue weighted by molar-refractivity contribution is -0.137. The number of carbonyl (C=O) groups excluding carboxylic acids is 1. The average Bonchev–Trinajstić information content (AvgIpc) is 3.13. The van der Waals surface area contributed by atoms with Gasteiger partial charge in [0.1, 0.15) is 11.6 Å². The Morgan fingerprint density at radius 3 is 2.58 bits per heavy atom. The Kier molecular flexibility index (Phi) is 4.87. The summed E-state index contributed by atoms with van der Waals surface area (Å²) >= 11 is 0. The zero-order chi connectivity index (χ0) is 18.6. The van der Waals surface area contributed by atoms with E-state index < -0.39 is 17.6 Å². The van der Waals surface area contributed by atoms with Crippen molar-refractivity contribution in [3.63, 3.8) is 0 Å². The Balaban J connectivity index is 1.63. The van der Waals surface area contributed by atoms with Gasteiger partial charge in [0.2, 0.25) is 0 Å². The molecule has 6 nitrogen and oxygen atoms in total. The van der Waals surface area contributed by atoms with E-state index in [1.165, 1.54) is 24.3 Å². The molecule has 2 heterocycles. The van der Waals surface area contributed by atoms with Crippen molar-refractivity contribution in [3.05, 3.63) is 71.8 Å². The summed E-state index contributed by atoms with van der Waals surface area (Å²) in [7, 11) is 0. The first-order chi connectivity index (χ1) is 12.4. The fraction of sp³-hybridized carbons (Fsp3) is 0.118. The molecule has 0 aliphatic heterocycles. The second kappa shape index (κ2) is 7.26. The molecule has 0 saturated carbocycles. The van der Waals surface area contributed by atoms with Crippen molar-refractivity contribution in [1.82, 2.24) is 10.2 Å². The number of hydrogen-bond acceptors (Lipinski definition) is 5. The average molecular weight is 362 g/mol. The maximum atomic E-state index is 12.7. The second-order valence-electron chi connectivity index (χ2n) is 5.27. The molecule has 9 heteroatoms. The van der Waals surface area contributed by atoms with Crippen LogP contribution in [0.2, 0.25) is 0 Å². The lowest BCUT2D eigenvalue weighted by atomic mass is 10.2. The van der Waals surface area contributed by atoms with Gasteiger partial charge in [-0.05, 0) is 42.5 Å². The Bertz CT molecular complexity index is 878. The maximum Gasteiger partial charge on any atom is 0.416 e. The number of furan rings is 1. The fourth-order valence-electron chi connectivity index (χ4n) is 2.11. The molecule has 2 aromatic heterocycles. The number of carbonyl (C=O) groups is 1. The van der Waals surface area contributed by atoms with Gasteiger partial charge in [-0.2, -0.15) is 13.2 Å². The van der Waals surface area contributed by atoms with Crippen LogP contribution in [0.4, 0.5) is 24.7 Å². The summed E-state index contributed by atoms with van der Waals surface area (Å²) in [6.07, 6.45) is -2.94. The number of nitrogens with zero attached hydrogens (tertiary/aromatic N) is 2. The van der Waals surface area contributed by atoms with E-state index >= 15 is 0 Å². The van der Waals surface area contributed by atoms with Gasteiger partial charge in [-0.15, -0.1) is 10.2 Å². The minimum Gasteiger partial charge on any atom is -0.467 e. The molecule has 0 spiro atoms. The Morgan fingerprint density at radius 2 is 1.92 bits per heavy atom. The molecule has 0 fully saturated rings. The van der Waals surface area contributed by atoms with Gasteiger partial charge in [-0.3, -0.25) is 4.79 Å². The number of anilines is 2. The lowest BCUT2D eigenvalue weighted by Crippen LogP contribution is -2.15. The molecule has 134 valence electrons. The number of benzene rings is 1. The Morgan fingerprint density at radius 1 is 1.08 bits per heavy atom. The molecule has 0 saturated heterocycles. The number of amides is 1. The zero-order valence-electron chi connectivity index (χ0n) is 13.2. The van der Waals surface area contributed by atoms with Gasteiger partial charge >= 0.3 is 6.18 Å². The predicted octanol–water partition coefficient (Wildman–Crippen LogP) is 3.95. The van der Waals surface area contributed by atoms with Gasteiger partial charge < -0.3 is 15.1 Å². The summed E-state index contributed by atoms with van der Waals surface area (Å²) in [6.45, 7) is 0.400. The fourth-order valence-corrected chi connectivity index (χ4v) is 2.11. The first-order valence-electron chi connectivity index (χ1n) is 7.50. The van der Waals surface area contributed by atoms with E-state index in [0.29, 0.717) is 18.1 Å². The highest BCUT2D eigenvalue weighted by Crippen LogP contribution is 2.30. The molecule has 1 amide bonds. The molecule has 1 aromatic carbocycles. The van der Waals surface area contributed by atoms with Crippen molar-refractivity contribution >= 4 is 17.4 Å². The monoisotopic (exact) mass is 362 g/mol. The van der Waals surface area contributed by atoms with Gasteiger partial charge in [0.15, 0.2) is 5.69 Å². The van der Waals surface area contributed by atoms with E-state index in [4.69, 9.17) is 4.42 Å². The SMILES string of the molecule is O=C(Nc1cccc(C(F)(F)F)c1)c1ccc(NCc2ccco2)nn1. The smallest absolute Gasteiger partial charge is 0.416 e. The van der Waals surface area contributed by atoms with Crippen LogP contribution in [0.3, 0.4) is 0 Å².